The summed E-state index contributed by atoms with van der Waals surface area (Å²) in [6, 6.07) is 0. The van der Waals surface area contributed by atoms with E-state index >= 15 is 0 Å². The van der Waals surface area contributed by atoms with E-state index < -0.39 is 47.2 Å². The van der Waals surface area contributed by atoms with Crippen molar-refractivity contribution in [3.05, 3.63) is 46.3 Å². The minimum atomic E-state index is -2.25. The number of hydrogen-bond acceptors (Lipinski definition) is 2. The second kappa shape index (κ2) is 6.70. The monoisotopic (exact) mass is 368 g/mol. The summed E-state index contributed by atoms with van der Waals surface area (Å²) >= 11 is 5.50. The molecule has 0 aliphatic heterocycles. The third-order valence-corrected chi connectivity index (χ3v) is 4.63. The van der Waals surface area contributed by atoms with E-state index in [-0.39, 0.29) is 23.7 Å². The molecule has 1 fully saturated rings. The fraction of sp³-hybridized carbons (Fsp3) is 0.438. The van der Waals surface area contributed by atoms with Crippen molar-refractivity contribution in [1.29, 1.82) is 0 Å². The van der Waals surface area contributed by atoms with Gasteiger partial charge in [0, 0.05) is 12.0 Å². The standard InChI is InChI=1S/C16H14ClF5O2/c1-16(2)8(3-4-17)9(16)5-10(23)24-6-7-11(18)13(20)15(22)14(21)12(7)19/h3-4,8-9H,5-6H2,1-2H3/b4-3+/t8-,9-/m1/s1. The number of esters is 1. The van der Waals surface area contributed by atoms with Gasteiger partial charge in [-0.05, 0) is 17.3 Å². The SMILES string of the molecule is CC1(C)[C@H](/C=C/Cl)[C@H]1CC(=O)OCc1c(F)c(F)c(F)c(F)c1F. The van der Waals surface area contributed by atoms with Crippen LogP contribution in [-0.2, 0) is 16.1 Å². The van der Waals surface area contributed by atoms with E-state index in [1.807, 2.05) is 13.8 Å². The average Bonchev–Trinajstić information content (AvgIpc) is 3.03. The third-order valence-electron chi connectivity index (χ3n) is 4.48. The topological polar surface area (TPSA) is 26.3 Å². The first-order chi connectivity index (χ1) is 11.1. The molecule has 0 unspecified atom stereocenters. The maximum atomic E-state index is 13.5. The van der Waals surface area contributed by atoms with E-state index in [9.17, 15) is 26.7 Å². The fourth-order valence-electron chi connectivity index (χ4n) is 2.81. The summed E-state index contributed by atoms with van der Waals surface area (Å²) in [7, 11) is 0. The van der Waals surface area contributed by atoms with E-state index in [2.05, 4.69) is 4.74 Å². The first-order valence-electron chi connectivity index (χ1n) is 7.05. The number of carbonyl (C=O) groups excluding carboxylic acids is 1. The van der Waals surface area contributed by atoms with Gasteiger partial charge in [-0.25, -0.2) is 22.0 Å². The van der Waals surface area contributed by atoms with E-state index in [1.165, 1.54) is 5.54 Å². The molecule has 0 saturated heterocycles. The van der Waals surface area contributed by atoms with Crippen LogP contribution in [0.3, 0.4) is 0 Å². The lowest BCUT2D eigenvalue weighted by atomic mass is 10.1. The fourth-order valence-corrected chi connectivity index (χ4v) is 2.96. The Bertz CT molecular complexity index is 673. The van der Waals surface area contributed by atoms with Crippen molar-refractivity contribution < 1.29 is 31.5 Å². The van der Waals surface area contributed by atoms with Crippen molar-refractivity contribution in [2.75, 3.05) is 0 Å². The Morgan fingerprint density at radius 2 is 1.58 bits per heavy atom. The average molecular weight is 369 g/mol. The molecule has 0 heterocycles. The highest BCUT2D eigenvalue weighted by atomic mass is 35.5. The molecular formula is C16H14ClF5O2. The van der Waals surface area contributed by atoms with Gasteiger partial charge in [0.25, 0.3) is 0 Å². The van der Waals surface area contributed by atoms with E-state index in [0.717, 1.165) is 0 Å². The van der Waals surface area contributed by atoms with Gasteiger partial charge in [0.15, 0.2) is 23.3 Å². The van der Waals surface area contributed by atoms with Gasteiger partial charge in [0.05, 0.1) is 5.56 Å². The summed E-state index contributed by atoms with van der Waals surface area (Å²) in [6.07, 6.45) is 1.68. The van der Waals surface area contributed by atoms with Crippen LogP contribution in [0.1, 0.15) is 25.8 Å². The van der Waals surface area contributed by atoms with Crippen molar-refractivity contribution in [2.45, 2.75) is 26.9 Å². The number of halogens is 6. The molecule has 1 aliphatic carbocycles. The largest absolute Gasteiger partial charge is 0.461 e. The van der Waals surface area contributed by atoms with Crippen molar-refractivity contribution in [3.63, 3.8) is 0 Å². The summed E-state index contributed by atoms with van der Waals surface area (Å²) in [5.41, 5.74) is -0.0197. The number of rotatable bonds is 5. The normalized spacial score (nSPS) is 22.0. The zero-order valence-electron chi connectivity index (χ0n) is 12.8. The molecule has 0 spiro atoms. The summed E-state index contributed by atoms with van der Waals surface area (Å²) in [5, 5.41) is 0. The zero-order valence-corrected chi connectivity index (χ0v) is 13.6. The molecule has 0 N–H and O–H groups in total. The molecule has 1 aliphatic rings. The molecule has 0 radical (unpaired) electrons. The van der Waals surface area contributed by atoms with Gasteiger partial charge in [-0.3, -0.25) is 4.79 Å². The lowest BCUT2D eigenvalue weighted by Gasteiger charge is -2.09. The lowest BCUT2D eigenvalue weighted by molar-refractivity contribution is -0.145. The number of ether oxygens (including phenoxy) is 1. The summed E-state index contributed by atoms with van der Waals surface area (Å²) in [4.78, 5) is 11.8. The highest BCUT2D eigenvalue weighted by Gasteiger charge is 2.56. The van der Waals surface area contributed by atoms with Crippen LogP contribution in [0, 0.1) is 46.3 Å². The van der Waals surface area contributed by atoms with Gasteiger partial charge in [0.2, 0.25) is 5.82 Å². The Kier molecular flexibility index (Phi) is 5.22. The Labute approximate surface area is 140 Å². The molecule has 1 aromatic rings. The van der Waals surface area contributed by atoms with Gasteiger partial charge in [-0.1, -0.05) is 31.5 Å². The molecule has 1 saturated carbocycles. The van der Waals surface area contributed by atoms with Crippen LogP contribution >= 0.6 is 11.6 Å². The van der Waals surface area contributed by atoms with Gasteiger partial charge < -0.3 is 4.74 Å². The second-order valence-corrected chi connectivity index (χ2v) is 6.44. The van der Waals surface area contributed by atoms with Crippen LogP contribution in [-0.4, -0.2) is 5.97 Å². The molecule has 0 bridgehead atoms. The summed E-state index contributed by atoms with van der Waals surface area (Å²) in [5.74, 6) is -11.2. The van der Waals surface area contributed by atoms with Crippen molar-refractivity contribution >= 4 is 17.6 Å². The van der Waals surface area contributed by atoms with E-state index in [1.54, 1.807) is 6.08 Å². The first kappa shape index (κ1) is 18.7. The van der Waals surface area contributed by atoms with Crippen LogP contribution in [0.15, 0.2) is 11.6 Å². The van der Waals surface area contributed by atoms with Gasteiger partial charge in [-0.15, -0.1) is 0 Å². The van der Waals surface area contributed by atoms with Crippen LogP contribution in [0.5, 0.6) is 0 Å². The van der Waals surface area contributed by atoms with Gasteiger partial charge >= 0.3 is 5.97 Å². The zero-order chi connectivity index (χ0) is 18.2. The molecule has 0 aromatic heterocycles. The molecule has 0 amide bonds. The van der Waals surface area contributed by atoms with Crippen LogP contribution in [0.4, 0.5) is 22.0 Å². The molecule has 1 aromatic carbocycles. The number of hydrogen-bond donors (Lipinski definition) is 0. The predicted molar refractivity (Wildman–Crippen MR) is 76.4 cm³/mol. The first-order valence-corrected chi connectivity index (χ1v) is 7.49. The highest BCUT2D eigenvalue weighted by molar-refractivity contribution is 6.25. The van der Waals surface area contributed by atoms with Gasteiger partial charge in [0.1, 0.15) is 6.61 Å². The van der Waals surface area contributed by atoms with Crippen molar-refractivity contribution in [2.24, 2.45) is 17.3 Å². The van der Waals surface area contributed by atoms with Gasteiger partial charge in [-0.2, -0.15) is 0 Å². The van der Waals surface area contributed by atoms with Crippen LogP contribution < -0.4 is 0 Å². The molecule has 132 valence electrons. The maximum absolute atomic E-state index is 13.5. The number of carbonyl (C=O) groups is 1. The van der Waals surface area contributed by atoms with E-state index in [4.69, 9.17) is 11.6 Å². The Morgan fingerprint density at radius 1 is 1.08 bits per heavy atom. The Morgan fingerprint density at radius 3 is 2.08 bits per heavy atom. The van der Waals surface area contributed by atoms with Crippen molar-refractivity contribution in [1.82, 2.24) is 0 Å². The molecule has 2 nitrogen and oxygen atoms in total. The number of benzene rings is 1. The summed E-state index contributed by atoms with van der Waals surface area (Å²) < 4.78 is 70.7. The quantitative estimate of drug-likeness (QED) is 0.322. The molecule has 24 heavy (non-hydrogen) atoms. The Balaban J connectivity index is 2.04. The number of allylic oxidation sites excluding steroid dienone is 1. The van der Waals surface area contributed by atoms with Crippen LogP contribution in [0.2, 0.25) is 0 Å². The van der Waals surface area contributed by atoms with E-state index in [0.29, 0.717) is 0 Å². The summed E-state index contributed by atoms with van der Waals surface area (Å²) in [6.45, 7) is 2.79. The molecule has 2 atom stereocenters. The Hall–Kier alpha value is -1.63. The molecule has 8 heteroatoms. The molecular weight excluding hydrogens is 355 g/mol. The molecule has 2 rings (SSSR count). The highest BCUT2D eigenvalue weighted by Crippen LogP contribution is 2.60. The second-order valence-electron chi connectivity index (χ2n) is 6.19. The minimum Gasteiger partial charge on any atom is -0.461 e. The van der Waals surface area contributed by atoms with Crippen LogP contribution in [0.25, 0.3) is 0 Å². The maximum Gasteiger partial charge on any atom is 0.306 e. The third kappa shape index (κ3) is 3.27. The smallest absolute Gasteiger partial charge is 0.306 e. The lowest BCUT2D eigenvalue weighted by Crippen LogP contribution is -2.12. The minimum absolute atomic E-state index is 0.0473. The predicted octanol–water partition coefficient (Wildman–Crippen LogP) is 4.84. The van der Waals surface area contributed by atoms with Crippen molar-refractivity contribution in [3.8, 4) is 0 Å².